The Labute approximate surface area is 84.5 Å². The summed E-state index contributed by atoms with van der Waals surface area (Å²) >= 11 is 5.20. The maximum Gasteiger partial charge on any atom is 0.221 e. The summed E-state index contributed by atoms with van der Waals surface area (Å²) < 4.78 is 0. The number of hydrogen-bond acceptors (Lipinski definition) is 2. The summed E-state index contributed by atoms with van der Waals surface area (Å²) in [4.78, 5) is 10.4. The zero-order valence-corrected chi connectivity index (χ0v) is 8.73. The number of unbranched alkanes of at least 4 members (excludes halogenated alkanes) is 1. The van der Waals surface area contributed by atoms with Crippen molar-refractivity contribution in [2.24, 2.45) is 5.92 Å². The number of carbonyl (C=O) groups excluding carboxylic acids is 1. The number of rotatable bonds is 7. The zero-order valence-electron chi connectivity index (χ0n) is 7.98. The van der Waals surface area contributed by atoms with Crippen LogP contribution in [0.2, 0.25) is 0 Å². The normalized spacial score (nSPS) is 11.8. The average molecular weight is 202 g/mol. The van der Waals surface area contributed by atoms with Crippen molar-refractivity contribution >= 4 is 22.7 Å². The van der Waals surface area contributed by atoms with E-state index in [1.165, 1.54) is 0 Å². The smallest absolute Gasteiger partial charge is 0.221 e. The van der Waals surface area contributed by atoms with Crippen LogP contribution in [0.15, 0.2) is 6.08 Å². The van der Waals surface area contributed by atoms with Gasteiger partial charge in [-0.2, -0.15) is 0 Å². The van der Waals surface area contributed by atoms with Crippen molar-refractivity contribution < 1.29 is 4.79 Å². The molecule has 0 aromatic heterocycles. The predicted octanol–water partition coefficient (Wildman–Crippen LogP) is 3.14. The molecule has 1 N–H and O–H groups in total. The second-order valence-electron chi connectivity index (χ2n) is 3.08. The SMILES string of the molecule is CCC(C=C=N)CCCCC(=O)Cl. The molecule has 0 aliphatic rings. The van der Waals surface area contributed by atoms with Gasteiger partial charge in [0.15, 0.2) is 0 Å². The lowest BCUT2D eigenvalue weighted by Crippen LogP contribution is -1.95. The van der Waals surface area contributed by atoms with Crippen molar-refractivity contribution in [3.8, 4) is 0 Å². The molecule has 0 heterocycles. The van der Waals surface area contributed by atoms with Crippen LogP contribution < -0.4 is 0 Å². The predicted molar refractivity (Wildman–Crippen MR) is 55.4 cm³/mol. The van der Waals surface area contributed by atoms with Crippen LogP contribution in [0.25, 0.3) is 0 Å². The highest BCUT2D eigenvalue weighted by Crippen LogP contribution is 2.14. The molecule has 3 heteroatoms. The van der Waals surface area contributed by atoms with Gasteiger partial charge in [-0.15, -0.1) is 0 Å². The Morgan fingerprint density at radius 2 is 2.31 bits per heavy atom. The Bertz CT molecular complexity index is 197. The minimum absolute atomic E-state index is 0.254. The van der Waals surface area contributed by atoms with Gasteiger partial charge < -0.3 is 0 Å². The van der Waals surface area contributed by atoms with Gasteiger partial charge in [0, 0.05) is 6.42 Å². The van der Waals surface area contributed by atoms with Crippen LogP contribution in [-0.4, -0.2) is 11.1 Å². The monoisotopic (exact) mass is 201 g/mol. The molecule has 0 saturated carbocycles. The molecule has 1 unspecified atom stereocenters. The Morgan fingerprint density at radius 3 is 2.77 bits per heavy atom. The van der Waals surface area contributed by atoms with E-state index in [4.69, 9.17) is 17.0 Å². The summed E-state index contributed by atoms with van der Waals surface area (Å²) in [5, 5.41) is 6.55. The van der Waals surface area contributed by atoms with Crippen LogP contribution in [0.3, 0.4) is 0 Å². The van der Waals surface area contributed by atoms with Crippen LogP contribution in [0.4, 0.5) is 0 Å². The third-order valence-electron chi connectivity index (χ3n) is 2.04. The molecule has 0 bridgehead atoms. The third kappa shape index (κ3) is 7.76. The number of halogens is 1. The Balaban J connectivity index is 3.49. The lowest BCUT2D eigenvalue weighted by molar-refractivity contribution is -0.111. The minimum atomic E-state index is -0.254. The summed E-state index contributed by atoms with van der Waals surface area (Å²) in [6, 6.07) is 0. The minimum Gasteiger partial charge on any atom is -0.281 e. The Morgan fingerprint density at radius 1 is 1.62 bits per heavy atom. The summed E-state index contributed by atoms with van der Waals surface area (Å²) in [5.41, 5.74) is 0. The lowest BCUT2D eigenvalue weighted by atomic mass is 9.99. The van der Waals surface area contributed by atoms with Gasteiger partial charge in [-0.3, -0.25) is 10.2 Å². The van der Waals surface area contributed by atoms with E-state index in [1.807, 2.05) is 0 Å². The van der Waals surface area contributed by atoms with Gasteiger partial charge in [0.1, 0.15) is 0 Å². The topological polar surface area (TPSA) is 40.9 Å². The Hall–Kier alpha value is -0.590. The van der Waals surface area contributed by atoms with Gasteiger partial charge in [-0.25, -0.2) is 0 Å². The highest BCUT2D eigenvalue weighted by atomic mass is 35.5. The van der Waals surface area contributed by atoms with E-state index in [0.29, 0.717) is 12.3 Å². The summed E-state index contributed by atoms with van der Waals surface area (Å²) in [7, 11) is 0. The number of carbonyl (C=O) groups is 1. The van der Waals surface area contributed by atoms with Gasteiger partial charge in [-0.1, -0.05) is 13.3 Å². The summed E-state index contributed by atoms with van der Waals surface area (Å²) in [6.07, 6.45) is 6.14. The molecule has 0 fully saturated rings. The molecule has 74 valence electrons. The maximum atomic E-state index is 10.4. The summed E-state index contributed by atoms with van der Waals surface area (Å²) in [6.45, 7) is 2.09. The van der Waals surface area contributed by atoms with E-state index in [2.05, 4.69) is 12.8 Å². The van der Waals surface area contributed by atoms with Crippen molar-refractivity contribution in [1.82, 2.24) is 0 Å². The van der Waals surface area contributed by atoms with E-state index < -0.39 is 0 Å². The molecule has 1 atom stereocenters. The second-order valence-corrected chi connectivity index (χ2v) is 3.50. The van der Waals surface area contributed by atoms with E-state index in [9.17, 15) is 4.79 Å². The van der Waals surface area contributed by atoms with Gasteiger partial charge >= 0.3 is 0 Å². The quantitative estimate of drug-likeness (QED) is 0.384. The van der Waals surface area contributed by atoms with Crippen molar-refractivity contribution in [3.63, 3.8) is 0 Å². The van der Waals surface area contributed by atoms with Crippen molar-refractivity contribution in [3.05, 3.63) is 6.08 Å². The molecule has 0 aliphatic heterocycles. The van der Waals surface area contributed by atoms with Crippen molar-refractivity contribution in [1.29, 1.82) is 5.41 Å². The van der Waals surface area contributed by atoms with Crippen LogP contribution in [-0.2, 0) is 4.79 Å². The molecule has 2 nitrogen and oxygen atoms in total. The largest absolute Gasteiger partial charge is 0.281 e. The van der Waals surface area contributed by atoms with Gasteiger partial charge in [0.2, 0.25) is 5.24 Å². The molecule has 0 rings (SSSR count). The fraction of sp³-hybridized carbons (Fsp3) is 0.700. The highest BCUT2D eigenvalue weighted by molar-refractivity contribution is 6.63. The van der Waals surface area contributed by atoms with E-state index >= 15 is 0 Å². The first kappa shape index (κ1) is 12.4. The molecule has 0 aromatic carbocycles. The molecular weight excluding hydrogens is 186 g/mol. The maximum absolute atomic E-state index is 10.4. The zero-order chi connectivity index (χ0) is 10.1. The fourth-order valence-corrected chi connectivity index (χ4v) is 1.33. The van der Waals surface area contributed by atoms with Gasteiger partial charge in [0.05, 0.1) is 0 Å². The molecule has 13 heavy (non-hydrogen) atoms. The summed E-state index contributed by atoms with van der Waals surface area (Å²) in [5.74, 6) is 2.73. The molecule has 0 radical (unpaired) electrons. The first-order chi connectivity index (χ1) is 6.20. The lowest BCUT2D eigenvalue weighted by Gasteiger charge is -2.06. The van der Waals surface area contributed by atoms with Crippen LogP contribution in [0.5, 0.6) is 0 Å². The number of hydrogen-bond donors (Lipinski definition) is 1. The fourth-order valence-electron chi connectivity index (χ4n) is 1.19. The molecule has 0 aromatic rings. The first-order valence-corrected chi connectivity index (χ1v) is 5.02. The van der Waals surface area contributed by atoms with E-state index in [-0.39, 0.29) is 5.24 Å². The third-order valence-corrected chi connectivity index (χ3v) is 2.23. The molecular formula is C10H16ClNO. The van der Waals surface area contributed by atoms with Crippen LogP contribution >= 0.6 is 11.6 Å². The van der Waals surface area contributed by atoms with E-state index in [1.54, 1.807) is 6.08 Å². The molecule has 0 aliphatic carbocycles. The van der Waals surface area contributed by atoms with Crippen LogP contribution in [0.1, 0.15) is 39.0 Å². The van der Waals surface area contributed by atoms with E-state index in [0.717, 1.165) is 25.7 Å². The Kier molecular flexibility index (Phi) is 7.66. The van der Waals surface area contributed by atoms with Gasteiger partial charge in [0.25, 0.3) is 0 Å². The molecule has 0 saturated heterocycles. The number of nitrogens with one attached hydrogen (secondary N) is 1. The first-order valence-electron chi connectivity index (χ1n) is 4.64. The number of allylic oxidation sites excluding steroid dienone is 1. The molecule has 0 spiro atoms. The van der Waals surface area contributed by atoms with Crippen LogP contribution in [0, 0.1) is 11.3 Å². The second kappa shape index (κ2) is 8.03. The highest BCUT2D eigenvalue weighted by Gasteiger charge is 2.02. The molecule has 0 amide bonds. The van der Waals surface area contributed by atoms with Gasteiger partial charge in [-0.05, 0) is 48.7 Å². The average Bonchev–Trinajstić information content (AvgIpc) is 2.10. The van der Waals surface area contributed by atoms with Crippen molar-refractivity contribution in [2.45, 2.75) is 39.0 Å². The van der Waals surface area contributed by atoms with Crippen molar-refractivity contribution in [2.75, 3.05) is 0 Å². The standard InChI is InChI=1S/C10H16ClNO/c1-2-9(7-8-12)5-3-4-6-10(11)13/h7,9,12H,2-6H2,1H3.